The van der Waals surface area contributed by atoms with Crippen LogP contribution in [0.5, 0.6) is 11.5 Å². The second-order valence-corrected chi connectivity index (χ2v) is 8.49. The summed E-state index contributed by atoms with van der Waals surface area (Å²) in [4.78, 5) is 18.4. The van der Waals surface area contributed by atoms with Crippen LogP contribution in [0.15, 0.2) is 36.5 Å². The van der Waals surface area contributed by atoms with E-state index in [1.165, 1.54) is 0 Å². The average Bonchev–Trinajstić information content (AvgIpc) is 2.86. The van der Waals surface area contributed by atoms with Crippen LogP contribution in [0.4, 0.5) is 11.5 Å². The van der Waals surface area contributed by atoms with Gasteiger partial charge >= 0.3 is 0 Å². The highest BCUT2D eigenvalue weighted by atomic mass is 16.5. The van der Waals surface area contributed by atoms with E-state index in [1.807, 2.05) is 36.5 Å². The maximum atomic E-state index is 11.5. The van der Waals surface area contributed by atoms with Gasteiger partial charge in [-0.1, -0.05) is 0 Å². The van der Waals surface area contributed by atoms with Crippen LogP contribution in [-0.2, 0) is 11.3 Å². The van der Waals surface area contributed by atoms with Gasteiger partial charge in [0.05, 0.1) is 30.2 Å². The van der Waals surface area contributed by atoms with Crippen molar-refractivity contribution < 1.29 is 14.3 Å². The van der Waals surface area contributed by atoms with Crippen molar-refractivity contribution in [2.24, 2.45) is 5.92 Å². The van der Waals surface area contributed by atoms with Gasteiger partial charge in [0.2, 0.25) is 0 Å². The number of ether oxygens (including phenoxy) is 2. The Balaban J connectivity index is 1.11. The minimum Gasteiger partial charge on any atom is -0.497 e. The summed E-state index contributed by atoms with van der Waals surface area (Å²) in [5, 5.41) is 15.8. The van der Waals surface area contributed by atoms with Gasteiger partial charge in [0.15, 0.2) is 18.2 Å². The molecule has 1 amide bonds. The van der Waals surface area contributed by atoms with E-state index in [-0.39, 0.29) is 12.5 Å². The van der Waals surface area contributed by atoms with E-state index in [9.17, 15) is 4.79 Å². The Hall–Kier alpha value is -3.46. The molecular formula is C24H28N6O3. The lowest BCUT2D eigenvalue weighted by atomic mass is 9.93. The highest BCUT2D eigenvalue weighted by Gasteiger charge is 2.21. The van der Waals surface area contributed by atoms with E-state index in [4.69, 9.17) is 9.47 Å². The largest absolute Gasteiger partial charge is 0.497 e. The Labute approximate surface area is 192 Å². The van der Waals surface area contributed by atoms with Gasteiger partial charge in [-0.2, -0.15) is 10.2 Å². The molecule has 0 spiro atoms. The molecule has 0 bridgehead atoms. The van der Waals surface area contributed by atoms with Crippen LogP contribution >= 0.6 is 0 Å². The summed E-state index contributed by atoms with van der Waals surface area (Å²) in [7, 11) is 1.68. The molecule has 9 nitrogen and oxygen atoms in total. The molecular weight excluding hydrogens is 420 g/mol. The summed E-state index contributed by atoms with van der Waals surface area (Å²) in [6.07, 6.45) is 5.29. The Morgan fingerprint density at radius 2 is 2.12 bits per heavy atom. The van der Waals surface area contributed by atoms with Gasteiger partial charge < -0.3 is 25.0 Å². The van der Waals surface area contributed by atoms with Crippen molar-refractivity contribution in [2.75, 3.05) is 43.6 Å². The quantitative estimate of drug-likeness (QED) is 0.532. The Kier molecular flexibility index (Phi) is 6.21. The zero-order valence-electron chi connectivity index (χ0n) is 18.7. The van der Waals surface area contributed by atoms with Gasteiger partial charge in [-0.3, -0.25) is 4.79 Å². The number of nitrogens with zero attached hydrogens (tertiary/aromatic N) is 4. The number of aromatic nitrogens is 3. The van der Waals surface area contributed by atoms with Gasteiger partial charge in [-0.15, -0.1) is 0 Å². The van der Waals surface area contributed by atoms with Crippen LogP contribution in [0.3, 0.4) is 0 Å². The van der Waals surface area contributed by atoms with Gasteiger partial charge in [0.1, 0.15) is 5.75 Å². The first-order chi connectivity index (χ1) is 16.2. The molecule has 2 N–H and O–H groups in total. The molecule has 9 heteroatoms. The molecule has 0 unspecified atom stereocenters. The van der Waals surface area contributed by atoms with Crippen LogP contribution < -0.4 is 25.0 Å². The van der Waals surface area contributed by atoms with Crippen molar-refractivity contribution >= 4 is 28.3 Å². The van der Waals surface area contributed by atoms with Gasteiger partial charge in [-0.05, 0) is 62.1 Å². The van der Waals surface area contributed by atoms with Crippen LogP contribution in [0.1, 0.15) is 25.0 Å². The van der Waals surface area contributed by atoms with Crippen LogP contribution in [0.25, 0.3) is 10.9 Å². The van der Waals surface area contributed by atoms with Crippen molar-refractivity contribution in [1.82, 2.24) is 20.5 Å². The van der Waals surface area contributed by atoms with Crippen LogP contribution in [0, 0.1) is 5.92 Å². The standard InChI is InChI=1S/C24H28N6O3/c1-32-18-3-4-20-19(12-18)21(14-26-29-20)30-10-7-16(8-11-30)6-9-25-13-17-2-5-22-24(27-17)28-23(31)15-33-22/h2-5,12,14,16,25H,6-11,13,15H2,1H3,(H,27,28,31). The summed E-state index contributed by atoms with van der Waals surface area (Å²) < 4.78 is 10.8. The zero-order chi connectivity index (χ0) is 22.6. The third-order valence-corrected chi connectivity index (χ3v) is 6.35. The number of methoxy groups -OCH3 is 1. The first kappa shape index (κ1) is 21.4. The molecule has 5 rings (SSSR count). The van der Waals surface area contributed by atoms with E-state index in [0.29, 0.717) is 24.0 Å². The molecule has 0 atom stereocenters. The molecule has 172 valence electrons. The number of hydrogen-bond donors (Lipinski definition) is 2. The highest BCUT2D eigenvalue weighted by Crippen LogP contribution is 2.31. The lowest BCUT2D eigenvalue weighted by Crippen LogP contribution is -2.35. The summed E-state index contributed by atoms with van der Waals surface area (Å²) in [5.41, 5.74) is 2.91. The SMILES string of the molecule is COc1ccc2nncc(N3CCC(CCNCc4ccc5c(n4)NC(=O)CO5)CC3)c2c1. The number of piperidine rings is 1. The van der Waals surface area contributed by atoms with E-state index >= 15 is 0 Å². The molecule has 2 aromatic heterocycles. The highest BCUT2D eigenvalue weighted by molar-refractivity contribution is 5.94. The van der Waals surface area contributed by atoms with Gasteiger partial charge in [0, 0.05) is 25.0 Å². The summed E-state index contributed by atoms with van der Waals surface area (Å²) in [5.74, 6) is 2.49. The van der Waals surface area contributed by atoms with E-state index in [2.05, 4.69) is 30.7 Å². The first-order valence-corrected chi connectivity index (χ1v) is 11.4. The molecule has 3 aromatic rings. The van der Waals surface area contributed by atoms with Crippen LogP contribution in [-0.4, -0.2) is 54.4 Å². The second-order valence-electron chi connectivity index (χ2n) is 8.49. The van der Waals surface area contributed by atoms with Gasteiger partial charge in [0.25, 0.3) is 5.91 Å². The van der Waals surface area contributed by atoms with E-state index in [0.717, 1.165) is 66.9 Å². The van der Waals surface area contributed by atoms with E-state index in [1.54, 1.807) is 7.11 Å². The van der Waals surface area contributed by atoms with Gasteiger partial charge in [-0.25, -0.2) is 4.98 Å². The zero-order valence-corrected chi connectivity index (χ0v) is 18.7. The second kappa shape index (κ2) is 9.58. The number of carbonyl (C=O) groups excluding carboxylic acids is 1. The first-order valence-electron chi connectivity index (χ1n) is 11.4. The number of pyridine rings is 1. The normalized spacial score (nSPS) is 16.3. The molecule has 2 aliphatic heterocycles. The summed E-state index contributed by atoms with van der Waals surface area (Å²) in [6, 6.07) is 9.72. The lowest BCUT2D eigenvalue weighted by Gasteiger charge is -2.34. The summed E-state index contributed by atoms with van der Waals surface area (Å²) >= 11 is 0. The molecule has 0 aliphatic carbocycles. The third kappa shape index (κ3) is 4.83. The Morgan fingerprint density at radius 3 is 2.97 bits per heavy atom. The number of hydrogen-bond acceptors (Lipinski definition) is 8. The molecule has 0 radical (unpaired) electrons. The predicted octanol–water partition coefficient (Wildman–Crippen LogP) is 2.76. The smallest absolute Gasteiger partial charge is 0.263 e. The molecule has 4 heterocycles. The number of fused-ring (bicyclic) bond motifs is 2. The van der Waals surface area contributed by atoms with Crippen molar-refractivity contribution in [3.05, 3.63) is 42.2 Å². The molecule has 2 aliphatic rings. The summed E-state index contributed by atoms with van der Waals surface area (Å²) in [6.45, 7) is 3.67. The molecule has 1 aromatic carbocycles. The van der Waals surface area contributed by atoms with Crippen LogP contribution in [0.2, 0.25) is 0 Å². The van der Waals surface area contributed by atoms with Crippen molar-refractivity contribution in [2.45, 2.75) is 25.8 Å². The molecule has 1 fully saturated rings. The van der Waals surface area contributed by atoms with Crippen molar-refractivity contribution in [1.29, 1.82) is 0 Å². The number of benzene rings is 1. The molecule has 0 saturated carbocycles. The average molecular weight is 449 g/mol. The number of anilines is 2. The fraction of sp³-hybridized carbons (Fsp3) is 0.417. The fourth-order valence-corrected chi connectivity index (χ4v) is 4.49. The predicted molar refractivity (Wildman–Crippen MR) is 126 cm³/mol. The van der Waals surface area contributed by atoms with Crippen molar-refractivity contribution in [3.63, 3.8) is 0 Å². The number of amides is 1. The maximum absolute atomic E-state index is 11.5. The minimum absolute atomic E-state index is 0.0488. The lowest BCUT2D eigenvalue weighted by molar-refractivity contribution is -0.118. The number of nitrogens with one attached hydrogen (secondary N) is 2. The monoisotopic (exact) mass is 448 g/mol. The number of rotatable bonds is 7. The third-order valence-electron chi connectivity index (χ3n) is 6.35. The fourth-order valence-electron chi connectivity index (χ4n) is 4.49. The van der Waals surface area contributed by atoms with Crippen molar-refractivity contribution in [3.8, 4) is 11.5 Å². The molecule has 33 heavy (non-hydrogen) atoms. The van der Waals surface area contributed by atoms with E-state index < -0.39 is 0 Å². The Bertz CT molecular complexity index is 1150. The number of carbonyl (C=O) groups is 1. The molecule has 1 saturated heterocycles. The maximum Gasteiger partial charge on any atom is 0.263 e. The minimum atomic E-state index is -0.166. The topological polar surface area (TPSA) is 102 Å². The Morgan fingerprint density at radius 1 is 1.24 bits per heavy atom.